The van der Waals surface area contributed by atoms with Gasteiger partial charge in [-0.05, 0) is 96.3 Å². The number of nitrogens with one attached hydrogen (secondary N) is 1. The van der Waals surface area contributed by atoms with Gasteiger partial charge in [0.25, 0.3) is 0 Å². The molecule has 0 aromatic heterocycles. The number of hydrogen-bond donors (Lipinski definition) is 5. The quantitative estimate of drug-likeness (QED) is 0.0309. The first kappa shape index (κ1) is 59.0. The second kappa shape index (κ2) is 49.0. The summed E-state index contributed by atoms with van der Waals surface area (Å²) >= 11 is 0. The second-order valence-corrected chi connectivity index (χ2v) is 17.8. The molecule has 0 aliphatic rings. The first-order chi connectivity index (χ1) is 30.0. The molecule has 0 fully saturated rings. The van der Waals surface area contributed by atoms with E-state index < -0.39 is 36.9 Å². The van der Waals surface area contributed by atoms with Crippen molar-refractivity contribution in [3.63, 3.8) is 0 Å². The molecular formula is C55H101NO5. The third kappa shape index (κ3) is 43.1. The van der Waals surface area contributed by atoms with Gasteiger partial charge >= 0.3 is 0 Å². The van der Waals surface area contributed by atoms with Crippen molar-refractivity contribution in [2.24, 2.45) is 0 Å². The summed E-state index contributed by atoms with van der Waals surface area (Å²) in [5.41, 5.74) is 0. The smallest absolute Gasteiger partial charge is 0.249 e. The van der Waals surface area contributed by atoms with Crippen LogP contribution in [0.4, 0.5) is 0 Å². The molecule has 0 aliphatic heterocycles. The van der Waals surface area contributed by atoms with E-state index in [1.54, 1.807) is 0 Å². The Balaban J connectivity index is 3.71. The van der Waals surface area contributed by atoms with E-state index in [2.05, 4.69) is 79.9 Å². The monoisotopic (exact) mass is 856 g/mol. The number of carbonyl (C=O) groups is 1. The highest BCUT2D eigenvalue weighted by Gasteiger charge is 2.28. The number of rotatable bonds is 47. The number of aliphatic hydroxyl groups is 4. The van der Waals surface area contributed by atoms with E-state index in [1.807, 2.05) is 0 Å². The first-order valence-corrected chi connectivity index (χ1v) is 26.2. The molecule has 5 N–H and O–H groups in total. The molecule has 0 aromatic carbocycles. The van der Waals surface area contributed by atoms with Crippen LogP contribution in [0.2, 0.25) is 0 Å². The minimum absolute atomic E-state index is 0.355. The van der Waals surface area contributed by atoms with Gasteiger partial charge in [-0.3, -0.25) is 4.79 Å². The van der Waals surface area contributed by atoms with Crippen LogP contribution in [0, 0.1) is 0 Å². The van der Waals surface area contributed by atoms with E-state index in [9.17, 15) is 25.2 Å². The van der Waals surface area contributed by atoms with Crippen molar-refractivity contribution in [2.45, 2.75) is 276 Å². The fraction of sp³-hybridized carbons (Fsp3) is 0.800. The Morgan fingerprint density at radius 3 is 1.15 bits per heavy atom. The van der Waals surface area contributed by atoms with Crippen LogP contribution >= 0.6 is 0 Å². The topological polar surface area (TPSA) is 110 Å². The predicted octanol–water partition coefficient (Wildman–Crippen LogP) is 14.8. The van der Waals surface area contributed by atoms with Crippen molar-refractivity contribution in [3.05, 3.63) is 60.8 Å². The maximum Gasteiger partial charge on any atom is 0.249 e. The number of hydrogen-bond acceptors (Lipinski definition) is 5. The minimum atomic E-state index is -1.30. The third-order valence-electron chi connectivity index (χ3n) is 11.9. The number of aliphatic hydroxyl groups excluding tert-OH is 4. The summed E-state index contributed by atoms with van der Waals surface area (Å²) in [7, 11) is 0. The molecule has 0 radical (unpaired) electrons. The highest BCUT2D eigenvalue weighted by Crippen LogP contribution is 2.16. The van der Waals surface area contributed by atoms with Crippen LogP contribution in [0.5, 0.6) is 0 Å². The summed E-state index contributed by atoms with van der Waals surface area (Å²) in [4.78, 5) is 12.6. The summed E-state index contributed by atoms with van der Waals surface area (Å²) in [5, 5.41) is 43.8. The zero-order valence-corrected chi connectivity index (χ0v) is 40.2. The largest absolute Gasteiger partial charge is 0.394 e. The lowest BCUT2D eigenvalue weighted by Gasteiger charge is -2.27. The van der Waals surface area contributed by atoms with Gasteiger partial charge in [-0.2, -0.15) is 0 Å². The molecule has 0 spiro atoms. The van der Waals surface area contributed by atoms with E-state index in [0.29, 0.717) is 19.3 Å². The fourth-order valence-electron chi connectivity index (χ4n) is 7.76. The molecule has 1 amide bonds. The molecule has 0 bridgehead atoms. The first-order valence-electron chi connectivity index (χ1n) is 26.2. The lowest BCUT2D eigenvalue weighted by Crippen LogP contribution is -2.53. The number of allylic oxidation sites excluding steroid dienone is 10. The number of unbranched alkanes of at least 4 members (excludes halogenated alkanes) is 28. The lowest BCUT2D eigenvalue weighted by molar-refractivity contribution is -0.132. The Bertz CT molecular complexity index is 1050. The molecule has 4 atom stereocenters. The minimum Gasteiger partial charge on any atom is -0.394 e. The van der Waals surface area contributed by atoms with Gasteiger partial charge in [0.1, 0.15) is 12.2 Å². The van der Waals surface area contributed by atoms with Crippen molar-refractivity contribution >= 4 is 5.91 Å². The summed E-state index contributed by atoms with van der Waals surface area (Å²) in [6.07, 6.45) is 62.7. The molecule has 0 rings (SSSR count). The molecule has 356 valence electrons. The van der Waals surface area contributed by atoms with E-state index in [1.165, 1.54) is 161 Å². The molecule has 0 saturated heterocycles. The molecule has 61 heavy (non-hydrogen) atoms. The molecular weight excluding hydrogens is 755 g/mol. The third-order valence-corrected chi connectivity index (χ3v) is 11.9. The van der Waals surface area contributed by atoms with Crippen molar-refractivity contribution in [3.8, 4) is 0 Å². The van der Waals surface area contributed by atoms with Crippen molar-refractivity contribution < 1.29 is 25.2 Å². The van der Waals surface area contributed by atoms with Gasteiger partial charge < -0.3 is 25.7 Å². The summed E-state index contributed by atoms with van der Waals surface area (Å²) in [5.74, 6) is -0.601. The van der Waals surface area contributed by atoms with Gasteiger partial charge in [0.15, 0.2) is 0 Å². The Hall–Kier alpha value is -1.99. The normalized spacial score (nSPS) is 14.4. The SMILES string of the molecule is CCCCCC/C=C/CC/C=C/CC/C=C/CCCC(O)C(O)C(CO)NC(=O)C(O)CCCCCCCCCCCCCC/C=C\C/C=C\CCCCCCCCCCC. The Morgan fingerprint density at radius 2 is 0.738 bits per heavy atom. The maximum atomic E-state index is 12.6. The molecule has 0 saturated carbocycles. The molecule has 4 unspecified atom stereocenters. The summed E-state index contributed by atoms with van der Waals surface area (Å²) in [6.45, 7) is 4.02. The standard InChI is InChI=1S/C55H101NO5/c1-3-5-7-9-11-13-15-17-19-21-22-23-24-25-26-27-28-29-30-31-33-35-37-39-41-43-45-47-49-53(59)55(61)56-51(50-57)54(60)52(58)48-46-44-42-40-38-36-34-32-20-18-16-14-12-10-8-6-4-2/h14,16,22-23,25-26,32,34,40,42,51-54,57-60H,3-13,15,17-21,24,27-31,33,35-39,41,43-50H2,1-2H3,(H,56,61)/b16-14+,23-22-,26-25-,34-32+,42-40+. The fourth-order valence-corrected chi connectivity index (χ4v) is 7.76. The van der Waals surface area contributed by atoms with Crippen molar-refractivity contribution in [2.75, 3.05) is 6.61 Å². The van der Waals surface area contributed by atoms with Gasteiger partial charge in [-0.15, -0.1) is 0 Å². The van der Waals surface area contributed by atoms with Gasteiger partial charge in [-0.1, -0.05) is 216 Å². The maximum absolute atomic E-state index is 12.6. The predicted molar refractivity (Wildman–Crippen MR) is 265 cm³/mol. The summed E-state index contributed by atoms with van der Waals surface area (Å²) in [6, 6.07) is -1.01. The Labute approximate surface area is 378 Å². The Morgan fingerprint density at radius 1 is 0.410 bits per heavy atom. The van der Waals surface area contributed by atoms with E-state index >= 15 is 0 Å². The van der Waals surface area contributed by atoms with Crippen LogP contribution in [0.25, 0.3) is 0 Å². The molecule has 0 heterocycles. The Kier molecular flexibility index (Phi) is 47.4. The average Bonchev–Trinajstić information content (AvgIpc) is 3.26. The van der Waals surface area contributed by atoms with Crippen LogP contribution in [-0.4, -0.2) is 57.3 Å². The van der Waals surface area contributed by atoms with Crippen LogP contribution in [0.15, 0.2) is 60.8 Å². The molecule has 0 aliphatic carbocycles. The van der Waals surface area contributed by atoms with Crippen LogP contribution < -0.4 is 5.32 Å². The average molecular weight is 856 g/mol. The number of amides is 1. The van der Waals surface area contributed by atoms with Crippen LogP contribution in [0.3, 0.4) is 0 Å². The zero-order valence-electron chi connectivity index (χ0n) is 40.2. The van der Waals surface area contributed by atoms with Crippen molar-refractivity contribution in [1.82, 2.24) is 5.32 Å². The molecule has 0 aromatic rings. The van der Waals surface area contributed by atoms with E-state index in [-0.39, 0.29) is 0 Å². The van der Waals surface area contributed by atoms with Crippen molar-refractivity contribution in [1.29, 1.82) is 0 Å². The highest BCUT2D eigenvalue weighted by molar-refractivity contribution is 5.80. The van der Waals surface area contributed by atoms with Crippen LogP contribution in [-0.2, 0) is 4.79 Å². The lowest BCUT2D eigenvalue weighted by atomic mass is 10.00. The number of carbonyl (C=O) groups excluding carboxylic acids is 1. The van der Waals surface area contributed by atoms with Gasteiger partial charge in [-0.25, -0.2) is 0 Å². The zero-order chi connectivity index (χ0) is 44.5. The second-order valence-electron chi connectivity index (χ2n) is 17.8. The highest BCUT2D eigenvalue weighted by atomic mass is 16.3. The van der Waals surface area contributed by atoms with Gasteiger partial charge in [0.05, 0.1) is 18.8 Å². The van der Waals surface area contributed by atoms with E-state index in [0.717, 1.165) is 57.8 Å². The van der Waals surface area contributed by atoms with E-state index in [4.69, 9.17) is 0 Å². The van der Waals surface area contributed by atoms with Gasteiger partial charge in [0.2, 0.25) is 5.91 Å². The summed E-state index contributed by atoms with van der Waals surface area (Å²) < 4.78 is 0. The molecule has 6 nitrogen and oxygen atoms in total. The van der Waals surface area contributed by atoms with Crippen LogP contribution in [0.1, 0.15) is 251 Å². The van der Waals surface area contributed by atoms with Gasteiger partial charge in [0, 0.05) is 0 Å². The molecule has 6 heteroatoms.